The molecule has 5 nitrogen and oxygen atoms in total. The first-order valence-electron chi connectivity index (χ1n) is 10.0. The summed E-state index contributed by atoms with van der Waals surface area (Å²) in [6.45, 7) is 8.29. The van der Waals surface area contributed by atoms with Gasteiger partial charge in [-0.05, 0) is 61.7 Å². The molecular formula is C23H30N2O3. The second-order valence-corrected chi connectivity index (χ2v) is 6.70. The predicted molar refractivity (Wildman–Crippen MR) is 113 cm³/mol. The summed E-state index contributed by atoms with van der Waals surface area (Å²) in [6, 6.07) is 14.2. The Balaban J connectivity index is 2.03. The Labute approximate surface area is 167 Å². The molecule has 5 heteroatoms. The lowest BCUT2D eigenvalue weighted by atomic mass is 10.1. The molecule has 0 heterocycles. The summed E-state index contributed by atoms with van der Waals surface area (Å²) in [5.74, 6) is 0.504. The molecule has 0 spiro atoms. The summed E-state index contributed by atoms with van der Waals surface area (Å²) in [5, 5.41) is 2.87. The molecule has 2 amide bonds. The number of carbonyl (C=O) groups is 2. The first kappa shape index (κ1) is 21.5. The van der Waals surface area contributed by atoms with Gasteiger partial charge in [-0.15, -0.1) is 0 Å². The Hall–Kier alpha value is -2.82. The fourth-order valence-corrected chi connectivity index (χ4v) is 2.88. The Bertz CT molecular complexity index is 766. The van der Waals surface area contributed by atoms with Crippen LogP contribution in [0.2, 0.25) is 0 Å². The zero-order valence-electron chi connectivity index (χ0n) is 17.0. The van der Waals surface area contributed by atoms with Crippen molar-refractivity contribution in [2.24, 2.45) is 0 Å². The molecule has 0 radical (unpaired) electrons. The number of hydrogen-bond acceptors (Lipinski definition) is 3. The lowest BCUT2D eigenvalue weighted by Crippen LogP contribution is -2.32. The monoisotopic (exact) mass is 382 g/mol. The second kappa shape index (κ2) is 11.1. The maximum absolute atomic E-state index is 12.6. The van der Waals surface area contributed by atoms with E-state index in [1.807, 2.05) is 17.9 Å². The minimum absolute atomic E-state index is 0.0300. The highest BCUT2D eigenvalue weighted by atomic mass is 16.5. The van der Waals surface area contributed by atoms with Gasteiger partial charge in [0, 0.05) is 29.9 Å². The van der Waals surface area contributed by atoms with E-state index in [0.29, 0.717) is 29.2 Å². The van der Waals surface area contributed by atoms with Gasteiger partial charge in [-0.3, -0.25) is 9.59 Å². The Kier molecular flexibility index (Phi) is 8.53. The highest BCUT2D eigenvalue weighted by molar-refractivity contribution is 6.04. The topological polar surface area (TPSA) is 58.6 Å². The van der Waals surface area contributed by atoms with Crippen LogP contribution in [0.1, 0.15) is 60.7 Å². The first-order valence-corrected chi connectivity index (χ1v) is 10.0. The van der Waals surface area contributed by atoms with Crippen LogP contribution >= 0.6 is 0 Å². The van der Waals surface area contributed by atoms with Gasteiger partial charge in [0.1, 0.15) is 5.75 Å². The maximum Gasteiger partial charge on any atom is 0.255 e. The van der Waals surface area contributed by atoms with Crippen molar-refractivity contribution in [3.05, 3.63) is 59.7 Å². The van der Waals surface area contributed by atoms with Gasteiger partial charge in [0.15, 0.2) is 0 Å². The fourth-order valence-electron chi connectivity index (χ4n) is 2.88. The fraction of sp³-hybridized carbons (Fsp3) is 0.391. The van der Waals surface area contributed by atoms with Crippen LogP contribution in [0.5, 0.6) is 5.75 Å². The molecular weight excluding hydrogens is 352 g/mol. The van der Waals surface area contributed by atoms with Gasteiger partial charge in [0.25, 0.3) is 11.8 Å². The van der Waals surface area contributed by atoms with E-state index in [0.717, 1.165) is 32.4 Å². The second-order valence-electron chi connectivity index (χ2n) is 6.70. The van der Waals surface area contributed by atoms with Gasteiger partial charge in [-0.2, -0.15) is 0 Å². The molecule has 0 aliphatic carbocycles. The molecule has 0 bridgehead atoms. The molecule has 0 aromatic heterocycles. The molecule has 28 heavy (non-hydrogen) atoms. The number of ether oxygens (including phenoxy) is 1. The molecule has 0 atom stereocenters. The third kappa shape index (κ3) is 6.12. The van der Waals surface area contributed by atoms with Crippen molar-refractivity contribution < 1.29 is 14.3 Å². The van der Waals surface area contributed by atoms with E-state index in [4.69, 9.17) is 4.74 Å². The van der Waals surface area contributed by atoms with E-state index in [1.54, 1.807) is 42.5 Å². The van der Waals surface area contributed by atoms with Crippen molar-refractivity contribution in [2.45, 2.75) is 40.0 Å². The average Bonchev–Trinajstić information content (AvgIpc) is 2.72. The smallest absolute Gasteiger partial charge is 0.255 e. The number of nitrogens with one attached hydrogen (secondary N) is 1. The van der Waals surface area contributed by atoms with Crippen LogP contribution in [0.4, 0.5) is 5.69 Å². The average molecular weight is 383 g/mol. The third-order valence-electron chi connectivity index (χ3n) is 4.23. The highest BCUT2D eigenvalue weighted by Crippen LogP contribution is 2.17. The largest absolute Gasteiger partial charge is 0.494 e. The summed E-state index contributed by atoms with van der Waals surface area (Å²) in [6.07, 6.45) is 2.78. The van der Waals surface area contributed by atoms with Crippen molar-refractivity contribution in [1.82, 2.24) is 4.90 Å². The van der Waals surface area contributed by atoms with E-state index in [9.17, 15) is 9.59 Å². The molecule has 1 N–H and O–H groups in total. The van der Waals surface area contributed by atoms with Crippen molar-refractivity contribution >= 4 is 17.5 Å². The van der Waals surface area contributed by atoms with E-state index < -0.39 is 0 Å². The molecule has 0 saturated carbocycles. The Morgan fingerprint density at radius 1 is 0.893 bits per heavy atom. The third-order valence-corrected chi connectivity index (χ3v) is 4.23. The minimum Gasteiger partial charge on any atom is -0.494 e. The van der Waals surface area contributed by atoms with E-state index in [1.165, 1.54) is 0 Å². The molecule has 0 fully saturated rings. The van der Waals surface area contributed by atoms with Crippen LogP contribution in [0, 0.1) is 0 Å². The van der Waals surface area contributed by atoms with Gasteiger partial charge in [-0.1, -0.05) is 26.8 Å². The Morgan fingerprint density at radius 2 is 1.57 bits per heavy atom. The maximum atomic E-state index is 12.6. The standard InChI is InChI=1S/C23H30N2O3/c1-4-14-25(15-5-2)23(27)18-10-12-20(13-11-18)24-22(26)19-8-7-9-21(17-19)28-16-6-3/h7-13,17H,4-6,14-16H2,1-3H3,(H,24,26). The lowest BCUT2D eigenvalue weighted by molar-refractivity contribution is 0.0755. The molecule has 2 aromatic carbocycles. The van der Waals surface area contributed by atoms with Gasteiger partial charge in [-0.25, -0.2) is 0 Å². The van der Waals surface area contributed by atoms with Crippen LogP contribution in [0.3, 0.4) is 0 Å². The summed E-state index contributed by atoms with van der Waals surface area (Å²) < 4.78 is 5.58. The number of nitrogens with zero attached hydrogens (tertiary/aromatic N) is 1. The van der Waals surface area contributed by atoms with Crippen molar-refractivity contribution in [2.75, 3.05) is 25.0 Å². The van der Waals surface area contributed by atoms with E-state index in [2.05, 4.69) is 19.2 Å². The number of benzene rings is 2. The predicted octanol–water partition coefficient (Wildman–Crippen LogP) is 4.99. The van der Waals surface area contributed by atoms with E-state index >= 15 is 0 Å². The summed E-state index contributed by atoms with van der Waals surface area (Å²) >= 11 is 0. The van der Waals surface area contributed by atoms with Crippen molar-refractivity contribution in [1.29, 1.82) is 0 Å². The lowest BCUT2D eigenvalue weighted by Gasteiger charge is -2.21. The number of rotatable bonds is 10. The first-order chi connectivity index (χ1) is 13.6. The summed E-state index contributed by atoms with van der Waals surface area (Å²) in [5.41, 5.74) is 1.82. The molecule has 0 saturated heterocycles. The number of hydrogen-bond donors (Lipinski definition) is 1. The highest BCUT2D eigenvalue weighted by Gasteiger charge is 2.14. The number of amides is 2. The zero-order valence-corrected chi connectivity index (χ0v) is 17.0. The van der Waals surface area contributed by atoms with Gasteiger partial charge < -0.3 is 15.0 Å². The van der Waals surface area contributed by atoms with E-state index in [-0.39, 0.29) is 11.8 Å². The number of carbonyl (C=O) groups excluding carboxylic acids is 2. The van der Waals surface area contributed by atoms with Gasteiger partial charge in [0.05, 0.1) is 6.61 Å². The van der Waals surface area contributed by atoms with Crippen LogP contribution in [0.15, 0.2) is 48.5 Å². The van der Waals surface area contributed by atoms with Gasteiger partial charge >= 0.3 is 0 Å². The normalized spacial score (nSPS) is 10.4. The van der Waals surface area contributed by atoms with Crippen LogP contribution in [0.25, 0.3) is 0 Å². The van der Waals surface area contributed by atoms with Crippen LogP contribution < -0.4 is 10.1 Å². The minimum atomic E-state index is -0.209. The van der Waals surface area contributed by atoms with Crippen LogP contribution in [-0.2, 0) is 0 Å². The molecule has 0 aliphatic heterocycles. The van der Waals surface area contributed by atoms with Crippen molar-refractivity contribution in [3.8, 4) is 5.75 Å². The molecule has 0 aliphatic rings. The molecule has 0 unspecified atom stereocenters. The summed E-state index contributed by atoms with van der Waals surface area (Å²) in [7, 11) is 0. The molecule has 150 valence electrons. The Morgan fingerprint density at radius 3 is 2.18 bits per heavy atom. The molecule has 2 aromatic rings. The van der Waals surface area contributed by atoms with Gasteiger partial charge in [0.2, 0.25) is 0 Å². The number of anilines is 1. The SMILES string of the molecule is CCCOc1cccc(C(=O)Nc2ccc(C(=O)N(CCC)CCC)cc2)c1. The summed E-state index contributed by atoms with van der Waals surface area (Å²) in [4.78, 5) is 27.0. The molecule has 2 rings (SSSR count). The van der Waals surface area contributed by atoms with Crippen LogP contribution in [-0.4, -0.2) is 36.4 Å². The quantitative estimate of drug-likeness (QED) is 0.630. The van der Waals surface area contributed by atoms with Crippen molar-refractivity contribution in [3.63, 3.8) is 0 Å². The zero-order chi connectivity index (χ0) is 20.4.